The van der Waals surface area contributed by atoms with Crippen molar-refractivity contribution < 1.29 is 14.3 Å². The molecule has 1 aromatic carbocycles. The Morgan fingerprint density at radius 3 is 2.13 bits per heavy atom. The number of carboxylic acid groups (broad SMARTS) is 1. The summed E-state index contributed by atoms with van der Waals surface area (Å²) in [5.74, 6) is -0.822. The molecule has 1 rings (SSSR count). The van der Waals surface area contributed by atoms with Gasteiger partial charge in [0.05, 0.1) is 5.41 Å². The van der Waals surface area contributed by atoms with Crippen LogP contribution in [-0.4, -0.2) is 11.1 Å². The van der Waals surface area contributed by atoms with E-state index in [1.807, 2.05) is 0 Å². The monoisotopic (exact) mass is 210 g/mol. The minimum absolute atomic E-state index is 0.453. The lowest BCUT2D eigenvalue weighted by atomic mass is 9.86. The summed E-state index contributed by atoms with van der Waals surface area (Å²) < 4.78 is 12.2. The summed E-state index contributed by atoms with van der Waals surface area (Å²) in [4.78, 5) is 10.9. The summed E-state index contributed by atoms with van der Waals surface area (Å²) in [7, 11) is 0. The van der Waals surface area contributed by atoms with Crippen LogP contribution in [0.15, 0.2) is 24.3 Å². The molecule has 0 bridgehead atoms. The first-order valence-electron chi connectivity index (χ1n) is 4.83. The van der Waals surface area contributed by atoms with Crippen molar-refractivity contribution in [3.63, 3.8) is 0 Å². The fourth-order valence-corrected chi connectivity index (χ4v) is 1.33. The highest BCUT2D eigenvalue weighted by Crippen LogP contribution is 2.22. The van der Waals surface area contributed by atoms with Crippen molar-refractivity contribution in [2.75, 3.05) is 0 Å². The minimum atomic E-state index is -0.822. The Kier molecular flexibility index (Phi) is 3.45. The highest BCUT2D eigenvalue weighted by Gasteiger charge is 2.27. The van der Waals surface area contributed by atoms with E-state index in [4.69, 9.17) is 5.11 Å². The number of alkyl halides is 1. The second-order valence-corrected chi connectivity index (χ2v) is 4.32. The molecule has 0 saturated heterocycles. The topological polar surface area (TPSA) is 37.3 Å². The zero-order valence-corrected chi connectivity index (χ0v) is 8.96. The van der Waals surface area contributed by atoms with Crippen LogP contribution in [-0.2, 0) is 17.9 Å². The number of aliphatic carboxylic acids is 1. The van der Waals surface area contributed by atoms with Crippen LogP contribution in [0, 0.1) is 5.41 Å². The molecule has 0 aromatic heterocycles. The van der Waals surface area contributed by atoms with Crippen molar-refractivity contribution >= 4 is 5.97 Å². The van der Waals surface area contributed by atoms with Crippen molar-refractivity contribution in [1.82, 2.24) is 0 Å². The molecule has 15 heavy (non-hydrogen) atoms. The van der Waals surface area contributed by atoms with Crippen LogP contribution in [0.1, 0.15) is 25.0 Å². The maximum atomic E-state index is 12.2. The number of carboxylic acids is 1. The molecule has 0 aliphatic carbocycles. The van der Waals surface area contributed by atoms with E-state index >= 15 is 0 Å². The van der Waals surface area contributed by atoms with Crippen LogP contribution in [0.25, 0.3) is 0 Å². The standard InChI is InChI=1S/C12H15FO2/c1-12(2,11(14)15)7-9-3-5-10(8-13)6-4-9/h3-6H,7-8H2,1-2H3,(H,14,15). The van der Waals surface area contributed by atoms with E-state index < -0.39 is 18.1 Å². The van der Waals surface area contributed by atoms with Crippen LogP contribution in [0.3, 0.4) is 0 Å². The average molecular weight is 210 g/mol. The number of halogens is 1. The number of rotatable bonds is 4. The number of hydrogen-bond donors (Lipinski definition) is 1. The minimum Gasteiger partial charge on any atom is -0.481 e. The van der Waals surface area contributed by atoms with Gasteiger partial charge in [0.15, 0.2) is 0 Å². The van der Waals surface area contributed by atoms with Gasteiger partial charge in [0, 0.05) is 0 Å². The van der Waals surface area contributed by atoms with Crippen LogP contribution in [0.4, 0.5) is 4.39 Å². The Morgan fingerprint density at radius 2 is 1.73 bits per heavy atom. The zero-order valence-electron chi connectivity index (χ0n) is 8.96. The Hall–Kier alpha value is -1.38. The Balaban J connectivity index is 2.77. The third-order valence-corrected chi connectivity index (χ3v) is 2.40. The fraction of sp³-hybridized carbons (Fsp3) is 0.417. The second-order valence-electron chi connectivity index (χ2n) is 4.32. The van der Waals surface area contributed by atoms with Crippen LogP contribution >= 0.6 is 0 Å². The zero-order chi connectivity index (χ0) is 11.5. The lowest BCUT2D eigenvalue weighted by Gasteiger charge is -2.18. The summed E-state index contributed by atoms with van der Waals surface area (Å²) >= 11 is 0. The van der Waals surface area contributed by atoms with E-state index in [0.29, 0.717) is 12.0 Å². The number of carbonyl (C=O) groups is 1. The Labute approximate surface area is 88.7 Å². The maximum Gasteiger partial charge on any atom is 0.309 e. The molecule has 0 saturated carbocycles. The first kappa shape index (κ1) is 11.7. The molecule has 0 radical (unpaired) electrons. The van der Waals surface area contributed by atoms with Crippen molar-refractivity contribution in [2.24, 2.45) is 5.41 Å². The summed E-state index contributed by atoms with van der Waals surface area (Å²) in [6.07, 6.45) is 0.453. The summed E-state index contributed by atoms with van der Waals surface area (Å²) in [6.45, 7) is 2.87. The van der Waals surface area contributed by atoms with Gasteiger partial charge in [-0.15, -0.1) is 0 Å². The third-order valence-electron chi connectivity index (χ3n) is 2.40. The van der Waals surface area contributed by atoms with Gasteiger partial charge in [-0.05, 0) is 31.4 Å². The molecule has 0 spiro atoms. The molecule has 0 amide bonds. The van der Waals surface area contributed by atoms with E-state index in [9.17, 15) is 9.18 Å². The first-order chi connectivity index (χ1) is 6.95. The predicted molar refractivity (Wildman–Crippen MR) is 56.4 cm³/mol. The van der Waals surface area contributed by atoms with Crippen molar-refractivity contribution in [1.29, 1.82) is 0 Å². The molecule has 0 aliphatic heterocycles. The van der Waals surface area contributed by atoms with Crippen LogP contribution < -0.4 is 0 Å². The second kappa shape index (κ2) is 4.43. The molecule has 1 aromatic rings. The van der Waals surface area contributed by atoms with Crippen molar-refractivity contribution in [3.8, 4) is 0 Å². The molecule has 0 atom stereocenters. The quantitative estimate of drug-likeness (QED) is 0.829. The van der Waals surface area contributed by atoms with Gasteiger partial charge in [0.1, 0.15) is 6.67 Å². The number of benzene rings is 1. The smallest absolute Gasteiger partial charge is 0.309 e. The Bertz CT molecular complexity index is 341. The van der Waals surface area contributed by atoms with Gasteiger partial charge in [0.25, 0.3) is 0 Å². The first-order valence-corrected chi connectivity index (χ1v) is 4.83. The molecule has 0 aliphatic rings. The van der Waals surface area contributed by atoms with E-state index in [2.05, 4.69) is 0 Å². The van der Waals surface area contributed by atoms with E-state index in [-0.39, 0.29) is 0 Å². The van der Waals surface area contributed by atoms with Crippen LogP contribution in [0.5, 0.6) is 0 Å². The number of hydrogen-bond acceptors (Lipinski definition) is 1. The molecule has 0 heterocycles. The average Bonchev–Trinajstić information content (AvgIpc) is 2.18. The van der Waals surface area contributed by atoms with Gasteiger partial charge < -0.3 is 5.11 Å². The van der Waals surface area contributed by atoms with Gasteiger partial charge >= 0.3 is 5.97 Å². The van der Waals surface area contributed by atoms with Gasteiger partial charge in [-0.3, -0.25) is 4.79 Å². The summed E-state index contributed by atoms with van der Waals surface area (Å²) in [5, 5.41) is 8.94. The van der Waals surface area contributed by atoms with Gasteiger partial charge in [-0.25, -0.2) is 4.39 Å². The SMILES string of the molecule is CC(C)(Cc1ccc(CF)cc1)C(=O)O. The summed E-state index contributed by atoms with van der Waals surface area (Å²) in [6, 6.07) is 6.93. The van der Waals surface area contributed by atoms with Crippen molar-refractivity contribution in [2.45, 2.75) is 26.9 Å². The van der Waals surface area contributed by atoms with E-state index in [0.717, 1.165) is 5.56 Å². The van der Waals surface area contributed by atoms with Crippen molar-refractivity contribution in [3.05, 3.63) is 35.4 Å². The van der Waals surface area contributed by atoms with Gasteiger partial charge in [-0.2, -0.15) is 0 Å². The highest BCUT2D eigenvalue weighted by molar-refractivity contribution is 5.74. The third kappa shape index (κ3) is 3.05. The molecular formula is C12H15FO2. The molecule has 1 N–H and O–H groups in total. The molecular weight excluding hydrogens is 195 g/mol. The molecule has 2 nitrogen and oxygen atoms in total. The molecule has 3 heteroatoms. The normalized spacial score (nSPS) is 11.4. The van der Waals surface area contributed by atoms with Gasteiger partial charge in [-0.1, -0.05) is 24.3 Å². The molecule has 0 unspecified atom stereocenters. The summed E-state index contributed by atoms with van der Waals surface area (Å²) in [5.41, 5.74) is 0.753. The fourth-order valence-electron chi connectivity index (χ4n) is 1.33. The highest BCUT2D eigenvalue weighted by atomic mass is 19.1. The van der Waals surface area contributed by atoms with E-state index in [1.165, 1.54) is 0 Å². The Morgan fingerprint density at radius 1 is 1.27 bits per heavy atom. The largest absolute Gasteiger partial charge is 0.481 e. The van der Waals surface area contributed by atoms with E-state index in [1.54, 1.807) is 38.1 Å². The predicted octanol–water partition coefficient (Wildman–Crippen LogP) is 2.81. The lowest BCUT2D eigenvalue weighted by Crippen LogP contribution is -2.26. The molecule has 82 valence electrons. The molecule has 0 fully saturated rings. The van der Waals surface area contributed by atoms with Gasteiger partial charge in [0.2, 0.25) is 0 Å². The maximum absolute atomic E-state index is 12.2. The van der Waals surface area contributed by atoms with Crippen LogP contribution in [0.2, 0.25) is 0 Å². The lowest BCUT2D eigenvalue weighted by molar-refractivity contribution is -0.146.